The Labute approximate surface area is 86.1 Å². The molecule has 76 valence electrons. The summed E-state index contributed by atoms with van der Waals surface area (Å²) < 4.78 is 0. The van der Waals surface area contributed by atoms with E-state index in [1.807, 2.05) is 12.3 Å². The van der Waals surface area contributed by atoms with Gasteiger partial charge in [-0.05, 0) is 37.6 Å². The number of nitrogens with one attached hydrogen (secondary N) is 1. The number of aromatic nitrogens is 1. The lowest BCUT2D eigenvalue weighted by Gasteiger charge is -1.96. The molecule has 0 saturated carbocycles. The molecule has 1 rings (SSSR count). The maximum atomic E-state index is 4.07. The largest absolute Gasteiger partial charge is 0.317 e. The molecule has 0 aliphatic heterocycles. The topological polar surface area (TPSA) is 24.9 Å². The molecule has 0 aromatic carbocycles. The molecule has 0 fully saturated rings. The van der Waals surface area contributed by atoms with Gasteiger partial charge in [-0.2, -0.15) is 0 Å². The van der Waals surface area contributed by atoms with Gasteiger partial charge in [-0.1, -0.05) is 25.1 Å². The van der Waals surface area contributed by atoms with Gasteiger partial charge in [-0.3, -0.25) is 4.98 Å². The Kier molecular flexibility index (Phi) is 5.68. The molecule has 14 heavy (non-hydrogen) atoms. The van der Waals surface area contributed by atoms with Gasteiger partial charge in [0.15, 0.2) is 0 Å². The molecule has 0 saturated heterocycles. The van der Waals surface area contributed by atoms with Gasteiger partial charge < -0.3 is 5.32 Å². The van der Waals surface area contributed by atoms with Gasteiger partial charge in [-0.15, -0.1) is 0 Å². The fraction of sp³-hybridized carbons (Fsp3) is 0.417. The summed E-state index contributed by atoms with van der Waals surface area (Å²) in [7, 11) is 0. The van der Waals surface area contributed by atoms with Crippen LogP contribution < -0.4 is 5.32 Å². The first kappa shape index (κ1) is 10.9. The average Bonchev–Trinajstić information content (AvgIpc) is 2.25. The predicted molar refractivity (Wildman–Crippen MR) is 60.2 cm³/mol. The summed E-state index contributed by atoms with van der Waals surface area (Å²) in [6, 6.07) is 4.07. The fourth-order valence-corrected chi connectivity index (χ4v) is 1.22. The van der Waals surface area contributed by atoms with Gasteiger partial charge in [0.1, 0.15) is 0 Å². The van der Waals surface area contributed by atoms with Crippen molar-refractivity contribution in [3.05, 3.63) is 42.2 Å². The summed E-state index contributed by atoms with van der Waals surface area (Å²) in [5.41, 5.74) is 1.27. The number of pyridine rings is 1. The lowest BCUT2D eigenvalue weighted by molar-refractivity contribution is 0.726. The van der Waals surface area contributed by atoms with E-state index in [0.717, 1.165) is 25.9 Å². The summed E-state index contributed by atoms with van der Waals surface area (Å²) in [5.74, 6) is 0. The zero-order chi connectivity index (χ0) is 10.1. The minimum atomic E-state index is 0.986. The molecule has 1 aromatic rings. The first-order chi connectivity index (χ1) is 6.93. The van der Waals surface area contributed by atoms with Gasteiger partial charge in [0, 0.05) is 12.4 Å². The van der Waals surface area contributed by atoms with Gasteiger partial charge >= 0.3 is 0 Å². The Morgan fingerprint density at radius 2 is 2.36 bits per heavy atom. The third-order valence-corrected chi connectivity index (χ3v) is 1.98. The maximum Gasteiger partial charge on any atom is 0.0303 e. The normalized spacial score (nSPS) is 10.9. The highest BCUT2D eigenvalue weighted by Crippen LogP contribution is 1.97. The first-order valence-corrected chi connectivity index (χ1v) is 5.18. The molecular formula is C12H18N2. The maximum absolute atomic E-state index is 4.07. The van der Waals surface area contributed by atoms with Crippen LogP contribution in [0.5, 0.6) is 0 Å². The van der Waals surface area contributed by atoms with E-state index in [4.69, 9.17) is 0 Å². The van der Waals surface area contributed by atoms with Gasteiger partial charge in [-0.25, -0.2) is 0 Å². The highest BCUT2D eigenvalue weighted by molar-refractivity contribution is 5.12. The second kappa shape index (κ2) is 7.27. The van der Waals surface area contributed by atoms with Crippen molar-refractivity contribution in [1.29, 1.82) is 0 Å². The van der Waals surface area contributed by atoms with Crippen LogP contribution in [0.1, 0.15) is 18.9 Å². The monoisotopic (exact) mass is 190 g/mol. The smallest absolute Gasteiger partial charge is 0.0303 e. The van der Waals surface area contributed by atoms with Crippen molar-refractivity contribution < 1.29 is 0 Å². The van der Waals surface area contributed by atoms with E-state index >= 15 is 0 Å². The Morgan fingerprint density at radius 1 is 1.43 bits per heavy atom. The minimum absolute atomic E-state index is 0.986. The molecule has 2 heteroatoms. The van der Waals surface area contributed by atoms with Crippen LogP contribution in [0.3, 0.4) is 0 Å². The third kappa shape index (κ3) is 4.77. The summed E-state index contributed by atoms with van der Waals surface area (Å²) in [4.78, 5) is 4.07. The first-order valence-electron chi connectivity index (χ1n) is 5.18. The predicted octanol–water partition coefficient (Wildman–Crippen LogP) is 2.18. The molecule has 0 aliphatic carbocycles. The van der Waals surface area contributed by atoms with Crippen LogP contribution in [-0.2, 0) is 6.42 Å². The Hall–Kier alpha value is -1.15. The molecule has 0 atom stereocenters. The number of hydrogen-bond donors (Lipinski definition) is 1. The SMILES string of the molecule is CCNCC/C=C/Cc1cccnc1. The number of hydrogen-bond acceptors (Lipinski definition) is 2. The summed E-state index contributed by atoms with van der Waals surface area (Å²) in [5, 5.41) is 3.28. The van der Waals surface area contributed by atoms with Crippen LogP contribution >= 0.6 is 0 Å². The van der Waals surface area contributed by atoms with E-state index in [-0.39, 0.29) is 0 Å². The lowest BCUT2D eigenvalue weighted by Crippen LogP contribution is -2.12. The van der Waals surface area contributed by atoms with Gasteiger partial charge in [0.2, 0.25) is 0 Å². The van der Waals surface area contributed by atoms with Crippen LogP contribution in [0.4, 0.5) is 0 Å². The summed E-state index contributed by atoms with van der Waals surface area (Å²) in [6.07, 6.45) is 10.2. The van der Waals surface area contributed by atoms with E-state index in [0.29, 0.717) is 0 Å². The summed E-state index contributed by atoms with van der Waals surface area (Å²) >= 11 is 0. The van der Waals surface area contributed by atoms with Crippen LogP contribution in [0.15, 0.2) is 36.7 Å². The second-order valence-electron chi connectivity index (χ2n) is 3.18. The average molecular weight is 190 g/mol. The number of rotatable bonds is 6. The van der Waals surface area contributed by atoms with E-state index in [1.165, 1.54) is 5.56 Å². The van der Waals surface area contributed by atoms with Crippen molar-refractivity contribution in [2.75, 3.05) is 13.1 Å². The molecule has 0 radical (unpaired) electrons. The summed E-state index contributed by atoms with van der Waals surface area (Å²) in [6.45, 7) is 4.25. The third-order valence-electron chi connectivity index (χ3n) is 1.98. The highest BCUT2D eigenvalue weighted by atomic mass is 14.8. The molecular weight excluding hydrogens is 172 g/mol. The number of allylic oxidation sites excluding steroid dienone is 1. The van der Waals surface area contributed by atoms with E-state index < -0.39 is 0 Å². The van der Waals surface area contributed by atoms with Crippen molar-refractivity contribution in [3.63, 3.8) is 0 Å². The Bertz CT molecular complexity index is 254. The molecule has 0 spiro atoms. The molecule has 1 aromatic heterocycles. The Morgan fingerprint density at radius 3 is 3.07 bits per heavy atom. The van der Waals surface area contributed by atoms with Crippen molar-refractivity contribution in [2.45, 2.75) is 19.8 Å². The van der Waals surface area contributed by atoms with Crippen LogP contribution in [0, 0.1) is 0 Å². The molecule has 2 nitrogen and oxygen atoms in total. The molecule has 1 N–H and O–H groups in total. The zero-order valence-corrected chi connectivity index (χ0v) is 8.74. The Balaban J connectivity index is 2.14. The minimum Gasteiger partial charge on any atom is -0.317 e. The standard InChI is InChI=1S/C12H18N2/c1-2-13-9-5-3-4-7-12-8-6-10-14-11-12/h3-4,6,8,10-11,13H,2,5,7,9H2,1H3/b4-3+. The van der Waals surface area contributed by atoms with E-state index in [1.54, 1.807) is 6.20 Å². The quantitative estimate of drug-likeness (QED) is 0.549. The van der Waals surface area contributed by atoms with Gasteiger partial charge in [0.25, 0.3) is 0 Å². The number of nitrogens with zero attached hydrogens (tertiary/aromatic N) is 1. The molecule has 0 aliphatic rings. The lowest BCUT2D eigenvalue weighted by atomic mass is 10.2. The van der Waals surface area contributed by atoms with E-state index in [9.17, 15) is 0 Å². The van der Waals surface area contributed by atoms with E-state index in [2.05, 4.69) is 35.4 Å². The van der Waals surface area contributed by atoms with Crippen molar-refractivity contribution in [2.24, 2.45) is 0 Å². The highest BCUT2D eigenvalue weighted by Gasteiger charge is 1.86. The van der Waals surface area contributed by atoms with Crippen LogP contribution in [-0.4, -0.2) is 18.1 Å². The van der Waals surface area contributed by atoms with Crippen molar-refractivity contribution in [3.8, 4) is 0 Å². The van der Waals surface area contributed by atoms with Crippen molar-refractivity contribution in [1.82, 2.24) is 10.3 Å². The van der Waals surface area contributed by atoms with Gasteiger partial charge in [0.05, 0.1) is 0 Å². The second-order valence-corrected chi connectivity index (χ2v) is 3.18. The van der Waals surface area contributed by atoms with Crippen LogP contribution in [0.25, 0.3) is 0 Å². The zero-order valence-electron chi connectivity index (χ0n) is 8.74. The molecule has 0 bridgehead atoms. The molecule has 0 unspecified atom stereocenters. The fourth-order valence-electron chi connectivity index (χ4n) is 1.22. The van der Waals surface area contributed by atoms with Crippen LogP contribution in [0.2, 0.25) is 0 Å². The molecule has 1 heterocycles. The van der Waals surface area contributed by atoms with Crippen molar-refractivity contribution >= 4 is 0 Å². The molecule has 0 amide bonds.